The summed E-state index contributed by atoms with van der Waals surface area (Å²) in [7, 11) is 0. The van der Waals surface area contributed by atoms with E-state index < -0.39 is 6.10 Å². The van der Waals surface area contributed by atoms with E-state index in [1.807, 2.05) is 0 Å². The van der Waals surface area contributed by atoms with Gasteiger partial charge < -0.3 is 5.11 Å². The number of hydrogen-bond donors (Lipinski definition) is 2. The van der Waals surface area contributed by atoms with Gasteiger partial charge in [-0.1, -0.05) is 32.1 Å². The molecule has 1 aromatic heterocycles. The normalized spacial score (nSPS) is 28.7. The lowest BCUT2D eigenvalue weighted by molar-refractivity contribution is 0.0970. The van der Waals surface area contributed by atoms with E-state index >= 15 is 0 Å². The van der Waals surface area contributed by atoms with Gasteiger partial charge in [-0.3, -0.25) is 9.89 Å². The fourth-order valence-corrected chi connectivity index (χ4v) is 4.34. The van der Waals surface area contributed by atoms with Gasteiger partial charge in [0.05, 0.1) is 17.8 Å². The van der Waals surface area contributed by atoms with Crippen molar-refractivity contribution < 1.29 is 5.11 Å². The average molecular weight is 343 g/mol. The summed E-state index contributed by atoms with van der Waals surface area (Å²) in [5.41, 5.74) is 1.04. The lowest BCUT2D eigenvalue weighted by Gasteiger charge is -2.21. The minimum absolute atomic E-state index is 0.00199. The molecule has 112 valence electrons. The number of aromatic nitrogens is 2. The monoisotopic (exact) mass is 342 g/mol. The van der Waals surface area contributed by atoms with Crippen molar-refractivity contribution in [3.63, 3.8) is 0 Å². The molecular weight excluding hydrogens is 320 g/mol. The Kier molecular flexibility index (Phi) is 4.36. The molecule has 0 aromatic carbocycles. The van der Waals surface area contributed by atoms with E-state index in [4.69, 9.17) is 0 Å². The molecule has 4 nitrogen and oxygen atoms in total. The van der Waals surface area contributed by atoms with Gasteiger partial charge in [-0.2, -0.15) is 0 Å². The fourth-order valence-electron chi connectivity index (χ4n) is 3.74. The number of H-pyrrole nitrogens is 1. The van der Waals surface area contributed by atoms with E-state index in [0.29, 0.717) is 10.4 Å². The Labute approximate surface area is 127 Å². The van der Waals surface area contributed by atoms with Crippen molar-refractivity contribution in [3.05, 3.63) is 20.5 Å². The third-order valence-electron chi connectivity index (χ3n) is 4.92. The zero-order chi connectivity index (χ0) is 14.1. The van der Waals surface area contributed by atoms with E-state index in [-0.39, 0.29) is 11.6 Å². The number of halogens is 1. The number of aromatic amines is 1. The molecule has 3 rings (SSSR count). The second-order valence-corrected chi connectivity index (χ2v) is 7.06. The molecule has 2 unspecified atom stereocenters. The average Bonchev–Trinajstić information content (AvgIpc) is 2.99. The Morgan fingerprint density at radius 1 is 1.05 bits per heavy atom. The van der Waals surface area contributed by atoms with Crippen molar-refractivity contribution in [3.8, 4) is 0 Å². The molecule has 0 saturated heterocycles. The molecule has 0 spiro atoms. The van der Waals surface area contributed by atoms with Crippen molar-refractivity contribution >= 4 is 15.9 Å². The number of nitrogens with zero attached hydrogens (tertiary/aromatic N) is 1. The third-order valence-corrected chi connectivity index (χ3v) is 5.69. The molecule has 2 saturated carbocycles. The minimum Gasteiger partial charge on any atom is -0.391 e. The fraction of sp³-hybridized carbons (Fsp3) is 0.800. The lowest BCUT2D eigenvalue weighted by atomic mass is 10.1. The summed E-state index contributed by atoms with van der Waals surface area (Å²) in [6, 6.07) is -0.0866. The number of hydrogen-bond acceptors (Lipinski definition) is 2. The highest BCUT2D eigenvalue weighted by atomic mass is 79.9. The molecule has 2 N–H and O–H groups in total. The van der Waals surface area contributed by atoms with Crippen molar-refractivity contribution in [2.75, 3.05) is 0 Å². The Morgan fingerprint density at radius 3 is 2.45 bits per heavy atom. The van der Waals surface area contributed by atoms with Crippen molar-refractivity contribution in [1.82, 2.24) is 9.78 Å². The second-order valence-electron chi connectivity index (χ2n) is 6.27. The molecule has 0 amide bonds. The van der Waals surface area contributed by atoms with Crippen molar-refractivity contribution in [1.29, 1.82) is 0 Å². The number of aliphatic hydroxyl groups excluding tert-OH is 1. The molecule has 5 heteroatoms. The van der Waals surface area contributed by atoms with E-state index in [9.17, 15) is 9.90 Å². The predicted molar refractivity (Wildman–Crippen MR) is 82.1 cm³/mol. The van der Waals surface area contributed by atoms with Gasteiger partial charge in [0.15, 0.2) is 0 Å². The first-order chi connectivity index (χ1) is 9.68. The molecule has 1 aromatic rings. The molecule has 0 aliphatic heterocycles. The van der Waals surface area contributed by atoms with E-state index in [1.54, 1.807) is 4.68 Å². The molecule has 2 aliphatic rings. The zero-order valence-electron chi connectivity index (χ0n) is 11.8. The molecule has 0 bridgehead atoms. The summed E-state index contributed by atoms with van der Waals surface area (Å²) in [5.74, 6) is 0.473. The third kappa shape index (κ3) is 2.62. The molecular formula is C15H23BrN2O2. The van der Waals surface area contributed by atoms with Crippen LogP contribution in [0.2, 0.25) is 0 Å². The first-order valence-corrected chi connectivity index (χ1v) is 8.65. The molecule has 20 heavy (non-hydrogen) atoms. The van der Waals surface area contributed by atoms with Crippen LogP contribution in [-0.2, 0) is 0 Å². The van der Waals surface area contributed by atoms with Crippen LogP contribution >= 0.6 is 15.9 Å². The highest BCUT2D eigenvalue weighted by Crippen LogP contribution is 2.36. The van der Waals surface area contributed by atoms with E-state index in [0.717, 1.165) is 50.6 Å². The van der Waals surface area contributed by atoms with Crippen LogP contribution in [0, 0.1) is 0 Å². The predicted octanol–water partition coefficient (Wildman–Crippen LogP) is 3.46. The van der Waals surface area contributed by atoms with Crippen LogP contribution < -0.4 is 5.56 Å². The highest BCUT2D eigenvalue weighted by Gasteiger charge is 2.29. The zero-order valence-corrected chi connectivity index (χ0v) is 13.4. The second kappa shape index (κ2) is 6.06. The van der Waals surface area contributed by atoms with Crippen LogP contribution in [0.25, 0.3) is 0 Å². The number of aliphatic hydroxyl groups is 1. The van der Waals surface area contributed by atoms with Crippen LogP contribution in [-0.4, -0.2) is 21.0 Å². The van der Waals surface area contributed by atoms with Crippen LogP contribution in [0.5, 0.6) is 0 Å². The summed E-state index contributed by atoms with van der Waals surface area (Å²) >= 11 is 3.47. The Balaban J connectivity index is 1.92. The first kappa shape index (κ1) is 14.4. The van der Waals surface area contributed by atoms with E-state index in [2.05, 4.69) is 21.0 Å². The summed E-state index contributed by atoms with van der Waals surface area (Å²) in [6.07, 6.45) is 9.39. The van der Waals surface area contributed by atoms with Gasteiger partial charge in [-0.15, -0.1) is 0 Å². The summed E-state index contributed by atoms with van der Waals surface area (Å²) in [4.78, 5) is 12.5. The topological polar surface area (TPSA) is 58.0 Å². The SMILES string of the molecule is O=c1c(Br)c(C2CCCC2)[nH]n1C1CCCCCC1O. The number of nitrogens with one attached hydrogen (secondary N) is 1. The smallest absolute Gasteiger partial charge is 0.281 e. The summed E-state index contributed by atoms with van der Waals surface area (Å²) in [5, 5.41) is 13.6. The Bertz CT molecular complexity index is 516. The highest BCUT2D eigenvalue weighted by molar-refractivity contribution is 9.10. The van der Waals surface area contributed by atoms with E-state index in [1.165, 1.54) is 12.8 Å². The summed E-state index contributed by atoms with van der Waals surface area (Å²) < 4.78 is 2.37. The molecule has 2 fully saturated rings. The maximum Gasteiger partial charge on any atom is 0.281 e. The largest absolute Gasteiger partial charge is 0.391 e. The Hall–Kier alpha value is -0.550. The molecule has 0 radical (unpaired) electrons. The van der Waals surface area contributed by atoms with Crippen LogP contribution in [0.3, 0.4) is 0 Å². The van der Waals surface area contributed by atoms with Crippen LogP contribution in [0.1, 0.15) is 75.4 Å². The first-order valence-electron chi connectivity index (χ1n) is 7.86. The molecule has 2 atom stereocenters. The van der Waals surface area contributed by atoms with Crippen LogP contribution in [0.15, 0.2) is 9.27 Å². The van der Waals surface area contributed by atoms with Crippen molar-refractivity contribution in [2.45, 2.75) is 75.9 Å². The van der Waals surface area contributed by atoms with Gasteiger partial charge >= 0.3 is 0 Å². The lowest BCUT2D eigenvalue weighted by Crippen LogP contribution is -2.31. The van der Waals surface area contributed by atoms with Gasteiger partial charge in [-0.05, 0) is 41.6 Å². The number of rotatable bonds is 2. The van der Waals surface area contributed by atoms with Gasteiger partial charge in [0.1, 0.15) is 4.47 Å². The Morgan fingerprint density at radius 2 is 1.70 bits per heavy atom. The molecule has 2 aliphatic carbocycles. The summed E-state index contributed by atoms with van der Waals surface area (Å²) in [6.45, 7) is 0. The van der Waals surface area contributed by atoms with Crippen LogP contribution in [0.4, 0.5) is 0 Å². The minimum atomic E-state index is -0.405. The van der Waals surface area contributed by atoms with Crippen molar-refractivity contribution in [2.24, 2.45) is 0 Å². The standard InChI is InChI=1S/C15H23BrN2O2/c16-13-14(10-6-4-5-7-10)17-18(15(13)20)11-8-2-1-3-9-12(11)19/h10-12,17,19H,1-9H2. The van der Waals surface area contributed by atoms with Gasteiger partial charge in [0, 0.05) is 5.92 Å². The molecule has 1 heterocycles. The maximum atomic E-state index is 12.5. The van der Waals surface area contributed by atoms with Gasteiger partial charge in [0.2, 0.25) is 0 Å². The maximum absolute atomic E-state index is 12.5. The quantitative estimate of drug-likeness (QED) is 0.808. The van der Waals surface area contributed by atoms with Gasteiger partial charge in [0.25, 0.3) is 5.56 Å². The van der Waals surface area contributed by atoms with Gasteiger partial charge in [-0.25, -0.2) is 4.68 Å².